The number of anilines is 5. The van der Waals surface area contributed by atoms with Crippen LogP contribution in [0, 0.1) is 0 Å². The number of nitrogens with one attached hydrogen (secondary N) is 1. The van der Waals surface area contributed by atoms with Crippen molar-refractivity contribution in [3.8, 4) is 66.8 Å². The highest BCUT2D eigenvalue weighted by Gasteiger charge is 2.38. The van der Waals surface area contributed by atoms with Crippen LogP contribution in [0.15, 0.2) is 381 Å². The number of nitrogens with zero attached hydrogens (tertiary/aromatic N) is 1. The Balaban J connectivity index is 0.000000129. The van der Waals surface area contributed by atoms with Crippen molar-refractivity contribution in [3.05, 3.63) is 403 Å². The first-order chi connectivity index (χ1) is 51.5. The minimum Gasteiger partial charge on any atom is -0.356 e. The summed E-state index contributed by atoms with van der Waals surface area (Å²) >= 11 is 3.67. The number of rotatable bonds is 9. The van der Waals surface area contributed by atoms with Gasteiger partial charge in [0.1, 0.15) is 0 Å². The predicted molar refractivity (Wildman–Crippen MR) is 460 cm³/mol. The van der Waals surface area contributed by atoms with Crippen LogP contribution in [0.5, 0.6) is 0 Å². The molecule has 20 rings (SSSR count). The Labute approximate surface area is 630 Å². The van der Waals surface area contributed by atoms with E-state index in [1.54, 1.807) is 0 Å². The van der Waals surface area contributed by atoms with E-state index in [9.17, 15) is 0 Å². The maximum atomic E-state index is 3.67. The number of hydrogen-bond donors (Lipinski definition) is 1. The van der Waals surface area contributed by atoms with E-state index >= 15 is 0 Å². The molecule has 0 spiro atoms. The Bertz CT molecular complexity index is 6140. The fraction of sp³-hybridized carbons (Fsp3) is 0.0680. The molecule has 106 heavy (non-hydrogen) atoms. The van der Waals surface area contributed by atoms with Gasteiger partial charge in [0.25, 0.3) is 0 Å². The molecule has 3 heteroatoms. The first kappa shape index (κ1) is 66.8. The van der Waals surface area contributed by atoms with Crippen LogP contribution in [0.25, 0.3) is 131 Å². The summed E-state index contributed by atoms with van der Waals surface area (Å²) in [5.41, 5.74) is 26.2. The van der Waals surface area contributed by atoms with Crippen molar-refractivity contribution in [1.29, 1.82) is 0 Å². The lowest BCUT2D eigenvalue weighted by atomic mass is 9.81. The van der Waals surface area contributed by atoms with Gasteiger partial charge in [-0.2, -0.15) is 0 Å². The smallest absolute Gasteiger partial charge is 0.0465 e. The van der Waals surface area contributed by atoms with E-state index in [1.807, 2.05) is 12.1 Å². The van der Waals surface area contributed by atoms with Crippen molar-refractivity contribution in [2.45, 2.75) is 46.0 Å². The first-order valence-electron chi connectivity index (χ1n) is 36.4. The molecule has 0 aliphatic heterocycles. The molecular weight excluding hydrogens is 1350 g/mol. The van der Waals surface area contributed by atoms with E-state index in [2.05, 4.69) is 418 Å². The maximum Gasteiger partial charge on any atom is 0.0465 e. The lowest BCUT2D eigenvalue weighted by molar-refractivity contribution is 0.661. The highest BCUT2D eigenvalue weighted by Crippen LogP contribution is 2.55. The Morgan fingerprint density at radius 2 is 0.462 bits per heavy atom. The van der Waals surface area contributed by atoms with Crippen molar-refractivity contribution >= 4 is 109 Å². The zero-order valence-electron chi connectivity index (χ0n) is 59.1. The van der Waals surface area contributed by atoms with Gasteiger partial charge >= 0.3 is 0 Å². The van der Waals surface area contributed by atoms with E-state index in [4.69, 9.17) is 0 Å². The first-order valence-corrected chi connectivity index (χ1v) is 37.2. The lowest BCUT2D eigenvalue weighted by Crippen LogP contribution is -2.16. The van der Waals surface area contributed by atoms with Crippen molar-refractivity contribution < 1.29 is 0 Å². The summed E-state index contributed by atoms with van der Waals surface area (Å²) < 4.78 is 1.15. The molecule has 0 fully saturated rings. The van der Waals surface area contributed by atoms with Crippen molar-refractivity contribution in [2.24, 2.45) is 0 Å². The second kappa shape index (κ2) is 27.7. The van der Waals surface area contributed by atoms with Gasteiger partial charge in [0.2, 0.25) is 0 Å². The standard InChI is InChI=1S/C51H37N.C27H19Br.C24H19N.CH4/c1-51(2)49-31-40(29-30-45(49)48-32-46-43-19-11-9-17-41(43)42-18-10-12-20-44(42)47(46)33-50(48)51)52(38-25-21-36(22-26-38)34-13-5-3-6-14-34)39-27-23-37(24-28-39)35-15-7-4-8-16-35;1-27(2)25-13-16(28)11-12-21(25)24-14-22-19-9-5-3-7-17(19)18-8-4-6-10-20(18)23(22)15-26(24)27;1-3-7-19(8-4-1)21-11-15-23(16-12-21)25-24-17-13-22(14-18-24)20-9-5-2-6-10-20;/h3-33H,1-2H3;3-15H,1-2H3;1-18,25H;1H4. The number of benzene rings is 18. The maximum absolute atomic E-state index is 3.67. The van der Waals surface area contributed by atoms with Crippen LogP contribution in [0.3, 0.4) is 0 Å². The molecule has 0 saturated heterocycles. The van der Waals surface area contributed by atoms with Crippen LogP contribution in [0.2, 0.25) is 0 Å². The molecule has 0 radical (unpaired) electrons. The second-order valence-corrected chi connectivity index (χ2v) is 29.8. The molecule has 0 bridgehead atoms. The molecule has 2 nitrogen and oxygen atoms in total. The van der Waals surface area contributed by atoms with E-state index in [0.717, 1.165) is 32.9 Å². The molecule has 0 saturated carbocycles. The average Bonchev–Trinajstić information content (AvgIpc) is 1.53. The van der Waals surface area contributed by atoms with Crippen molar-refractivity contribution in [1.82, 2.24) is 0 Å². The third-order valence-electron chi connectivity index (χ3n) is 22.0. The zero-order valence-corrected chi connectivity index (χ0v) is 60.7. The van der Waals surface area contributed by atoms with Crippen LogP contribution in [0.4, 0.5) is 28.4 Å². The third-order valence-corrected chi connectivity index (χ3v) is 22.5. The fourth-order valence-electron chi connectivity index (χ4n) is 16.6. The SMILES string of the molecule is C.CC1(C)c2cc(Br)ccc2-c2cc3c4ccccc4c4ccccc4c3cc21.CC1(C)c2cc(N(c3ccc(-c4ccccc4)cc3)c3ccc(-c4ccccc4)cc3)ccc2-c2cc3c4ccccc4c4ccccc4c3cc21.c1ccc(-c2ccc(Nc3ccc(-c4ccccc4)cc3)cc2)cc1. The Hall–Kier alpha value is -12.4. The van der Waals surface area contributed by atoms with Crippen LogP contribution in [0.1, 0.15) is 57.4 Å². The molecule has 1 N–H and O–H groups in total. The summed E-state index contributed by atoms with van der Waals surface area (Å²) in [6.07, 6.45) is 0. The number of halogens is 1. The average molecular weight is 1420 g/mol. The molecule has 18 aromatic carbocycles. The molecule has 0 amide bonds. The Morgan fingerprint density at radius 3 is 0.792 bits per heavy atom. The Morgan fingerprint density at radius 1 is 0.217 bits per heavy atom. The van der Waals surface area contributed by atoms with Crippen LogP contribution < -0.4 is 10.2 Å². The molecule has 2 aliphatic carbocycles. The lowest BCUT2D eigenvalue weighted by Gasteiger charge is -2.28. The molecule has 0 heterocycles. The van der Waals surface area contributed by atoms with E-state index < -0.39 is 0 Å². The van der Waals surface area contributed by atoms with Gasteiger partial charge in [-0.25, -0.2) is 0 Å². The van der Waals surface area contributed by atoms with Crippen LogP contribution >= 0.6 is 15.9 Å². The molecule has 18 aromatic rings. The van der Waals surface area contributed by atoms with Gasteiger partial charge in [-0.3, -0.25) is 0 Å². The zero-order chi connectivity index (χ0) is 70.8. The van der Waals surface area contributed by atoms with Crippen LogP contribution in [-0.2, 0) is 10.8 Å². The monoisotopic (exact) mass is 1420 g/mol. The van der Waals surface area contributed by atoms with Gasteiger partial charge in [-0.15, -0.1) is 0 Å². The van der Waals surface area contributed by atoms with Crippen molar-refractivity contribution in [2.75, 3.05) is 10.2 Å². The van der Waals surface area contributed by atoms with Gasteiger partial charge < -0.3 is 10.2 Å². The normalized spacial score (nSPS) is 12.7. The fourth-order valence-corrected chi connectivity index (χ4v) is 17.0. The largest absolute Gasteiger partial charge is 0.356 e. The topological polar surface area (TPSA) is 15.3 Å². The summed E-state index contributed by atoms with van der Waals surface area (Å²) in [6.45, 7) is 9.48. The summed E-state index contributed by atoms with van der Waals surface area (Å²) in [5.74, 6) is 0. The summed E-state index contributed by atoms with van der Waals surface area (Å²) in [7, 11) is 0. The molecule has 2 aliphatic rings. The predicted octanol–water partition coefficient (Wildman–Crippen LogP) is 29.9. The highest BCUT2D eigenvalue weighted by molar-refractivity contribution is 9.10. The van der Waals surface area contributed by atoms with Gasteiger partial charge in [-0.1, -0.05) is 330 Å². The van der Waals surface area contributed by atoms with Gasteiger partial charge in [0.05, 0.1) is 0 Å². The summed E-state index contributed by atoms with van der Waals surface area (Å²) in [6, 6.07) is 136. The molecular formula is C103H79BrN2. The van der Waals surface area contributed by atoms with Gasteiger partial charge in [0.15, 0.2) is 0 Å². The molecule has 508 valence electrons. The van der Waals surface area contributed by atoms with Gasteiger partial charge in [-0.05, 0) is 251 Å². The quantitative estimate of drug-likeness (QED) is 0.145. The van der Waals surface area contributed by atoms with E-state index in [1.165, 1.54) is 154 Å². The van der Waals surface area contributed by atoms with E-state index in [0.29, 0.717) is 0 Å². The summed E-state index contributed by atoms with van der Waals surface area (Å²) in [5, 5.41) is 19.4. The number of hydrogen-bond acceptors (Lipinski definition) is 2. The minimum absolute atomic E-state index is 0. The summed E-state index contributed by atoms with van der Waals surface area (Å²) in [4.78, 5) is 2.40. The second-order valence-electron chi connectivity index (χ2n) is 28.9. The van der Waals surface area contributed by atoms with Crippen LogP contribution in [-0.4, -0.2) is 0 Å². The van der Waals surface area contributed by atoms with Crippen molar-refractivity contribution in [3.63, 3.8) is 0 Å². The Kier molecular flexibility index (Phi) is 17.4. The van der Waals surface area contributed by atoms with E-state index in [-0.39, 0.29) is 18.3 Å². The molecule has 0 aromatic heterocycles. The minimum atomic E-state index is -0.179. The molecule has 0 unspecified atom stereocenters. The third kappa shape index (κ3) is 12.1. The molecule has 0 atom stereocenters. The highest BCUT2D eigenvalue weighted by atomic mass is 79.9. The van der Waals surface area contributed by atoms with Gasteiger partial charge in [0, 0.05) is 43.7 Å². The number of fused-ring (bicyclic) bond motifs is 18.